The maximum absolute atomic E-state index is 11.1. The standard InChI is InChI=1S/C13H24N2O/c1-12(16)11-15-9-5-13(6-10-15)3-7-14(2)8-4-13/h3-11H2,1-2H3. The third-order valence-corrected chi connectivity index (χ3v) is 4.41. The minimum Gasteiger partial charge on any atom is -0.306 e. The van der Waals surface area contributed by atoms with Crippen molar-refractivity contribution in [2.45, 2.75) is 32.6 Å². The lowest BCUT2D eigenvalue weighted by Crippen LogP contribution is -2.46. The Morgan fingerprint density at radius 3 is 2.06 bits per heavy atom. The second kappa shape index (κ2) is 4.84. The molecule has 2 aliphatic heterocycles. The van der Waals surface area contributed by atoms with Crippen LogP contribution in [0.5, 0.6) is 0 Å². The highest BCUT2D eigenvalue weighted by Gasteiger charge is 2.36. The Labute approximate surface area is 98.8 Å². The van der Waals surface area contributed by atoms with Crippen LogP contribution >= 0.6 is 0 Å². The highest BCUT2D eigenvalue weighted by atomic mass is 16.1. The number of Topliss-reactive ketones (excluding diaryl/α,β-unsaturated/α-hetero) is 1. The van der Waals surface area contributed by atoms with Crippen LogP contribution in [-0.4, -0.2) is 55.4 Å². The van der Waals surface area contributed by atoms with E-state index in [-0.39, 0.29) is 0 Å². The van der Waals surface area contributed by atoms with E-state index in [0.29, 0.717) is 17.7 Å². The normalized spacial score (nSPS) is 27.1. The van der Waals surface area contributed by atoms with Gasteiger partial charge in [-0.25, -0.2) is 0 Å². The third kappa shape index (κ3) is 2.83. The molecule has 92 valence electrons. The van der Waals surface area contributed by atoms with Crippen LogP contribution in [0.15, 0.2) is 0 Å². The first-order chi connectivity index (χ1) is 7.60. The molecule has 2 heterocycles. The fraction of sp³-hybridized carbons (Fsp3) is 0.923. The molecular formula is C13H24N2O. The second-order valence-corrected chi connectivity index (χ2v) is 5.78. The first-order valence-corrected chi connectivity index (χ1v) is 6.50. The minimum atomic E-state index is 0.305. The molecule has 0 amide bonds. The van der Waals surface area contributed by atoms with E-state index < -0.39 is 0 Å². The van der Waals surface area contributed by atoms with Gasteiger partial charge in [0.25, 0.3) is 0 Å². The van der Waals surface area contributed by atoms with Crippen molar-refractivity contribution >= 4 is 5.78 Å². The van der Waals surface area contributed by atoms with Gasteiger partial charge in [0.05, 0.1) is 6.54 Å². The molecule has 0 unspecified atom stereocenters. The fourth-order valence-electron chi connectivity index (χ4n) is 3.09. The number of nitrogens with zero attached hydrogens (tertiary/aromatic N) is 2. The van der Waals surface area contributed by atoms with Gasteiger partial charge in [-0.3, -0.25) is 9.69 Å². The lowest BCUT2D eigenvalue weighted by atomic mass is 9.71. The van der Waals surface area contributed by atoms with Crippen molar-refractivity contribution in [3.05, 3.63) is 0 Å². The van der Waals surface area contributed by atoms with Crippen LogP contribution in [0.3, 0.4) is 0 Å². The molecule has 0 atom stereocenters. The number of carbonyl (C=O) groups excluding carboxylic acids is 1. The summed E-state index contributed by atoms with van der Waals surface area (Å²) in [6.45, 7) is 7.13. The van der Waals surface area contributed by atoms with Gasteiger partial charge in [0.1, 0.15) is 5.78 Å². The van der Waals surface area contributed by atoms with Crippen molar-refractivity contribution in [1.29, 1.82) is 0 Å². The molecule has 0 aromatic rings. The SMILES string of the molecule is CC(=O)CN1CCC2(CCN(C)CC2)CC1. The quantitative estimate of drug-likeness (QED) is 0.708. The predicted molar refractivity (Wildman–Crippen MR) is 65.5 cm³/mol. The lowest BCUT2D eigenvalue weighted by molar-refractivity contribution is -0.118. The van der Waals surface area contributed by atoms with Crippen LogP contribution in [0.4, 0.5) is 0 Å². The minimum absolute atomic E-state index is 0.305. The lowest BCUT2D eigenvalue weighted by Gasteiger charge is -2.46. The van der Waals surface area contributed by atoms with Gasteiger partial charge in [-0.05, 0) is 71.2 Å². The summed E-state index contributed by atoms with van der Waals surface area (Å²) in [5.74, 6) is 0.305. The molecule has 0 radical (unpaired) electrons. The smallest absolute Gasteiger partial charge is 0.143 e. The third-order valence-electron chi connectivity index (χ3n) is 4.41. The first kappa shape index (κ1) is 12.1. The van der Waals surface area contributed by atoms with E-state index in [0.717, 1.165) is 13.1 Å². The summed E-state index contributed by atoms with van der Waals surface area (Å²) in [6, 6.07) is 0. The summed E-state index contributed by atoms with van der Waals surface area (Å²) in [5, 5.41) is 0. The van der Waals surface area contributed by atoms with Crippen LogP contribution in [0.1, 0.15) is 32.6 Å². The number of ketones is 1. The second-order valence-electron chi connectivity index (χ2n) is 5.78. The summed E-state index contributed by atoms with van der Waals surface area (Å²) in [6.07, 6.45) is 5.32. The fourth-order valence-corrected chi connectivity index (χ4v) is 3.09. The Bertz CT molecular complexity index is 247. The Morgan fingerprint density at radius 1 is 1.06 bits per heavy atom. The Balaban J connectivity index is 1.82. The van der Waals surface area contributed by atoms with Crippen LogP contribution in [-0.2, 0) is 4.79 Å². The zero-order valence-electron chi connectivity index (χ0n) is 10.7. The summed E-state index contributed by atoms with van der Waals surface area (Å²) < 4.78 is 0. The topological polar surface area (TPSA) is 23.6 Å². The average molecular weight is 224 g/mol. The first-order valence-electron chi connectivity index (χ1n) is 6.50. The van der Waals surface area contributed by atoms with Gasteiger partial charge < -0.3 is 4.90 Å². The highest BCUT2D eigenvalue weighted by Crippen LogP contribution is 2.40. The molecule has 1 spiro atoms. The van der Waals surface area contributed by atoms with E-state index in [1.54, 1.807) is 6.92 Å². The molecule has 3 heteroatoms. The van der Waals surface area contributed by atoms with E-state index in [1.165, 1.54) is 38.8 Å². The molecule has 3 nitrogen and oxygen atoms in total. The molecule has 0 aromatic carbocycles. The molecule has 2 aliphatic rings. The Morgan fingerprint density at radius 2 is 1.56 bits per heavy atom. The maximum Gasteiger partial charge on any atom is 0.143 e. The van der Waals surface area contributed by atoms with Crippen molar-refractivity contribution in [2.24, 2.45) is 5.41 Å². The van der Waals surface area contributed by atoms with Crippen molar-refractivity contribution in [3.8, 4) is 0 Å². The molecular weight excluding hydrogens is 200 g/mol. The van der Waals surface area contributed by atoms with Gasteiger partial charge in [0, 0.05) is 0 Å². The molecule has 0 bridgehead atoms. The van der Waals surface area contributed by atoms with Crippen LogP contribution in [0.25, 0.3) is 0 Å². The molecule has 0 aromatic heterocycles. The van der Waals surface area contributed by atoms with Crippen molar-refractivity contribution in [2.75, 3.05) is 39.8 Å². The number of carbonyl (C=O) groups is 1. The van der Waals surface area contributed by atoms with Gasteiger partial charge in [-0.1, -0.05) is 0 Å². The predicted octanol–water partition coefficient (Wildman–Crippen LogP) is 1.38. The van der Waals surface area contributed by atoms with E-state index >= 15 is 0 Å². The molecule has 0 saturated carbocycles. The summed E-state index contributed by atoms with van der Waals surface area (Å²) in [4.78, 5) is 15.8. The van der Waals surface area contributed by atoms with Crippen molar-refractivity contribution in [1.82, 2.24) is 9.80 Å². The average Bonchev–Trinajstić information content (AvgIpc) is 2.26. The van der Waals surface area contributed by atoms with E-state index in [2.05, 4.69) is 16.8 Å². The maximum atomic E-state index is 11.1. The van der Waals surface area contributed by atoms with Crippen molar-refractivity contribution < 1.29 is 4.79 Å². The molecule has 2 saturated heterocycles. The Hall–Kier alpha value is -0.410. The summed E-state index contributed by atoms with van der Waals surface area (Å²) >= 11 is 0. The highest BCUT2D eigenvalue weighted by molar-refractivity contribution is 5.77. The van der Waals surface area contributed by atoms with Gasteiger partial charge in [0.2, 0.25) is 0 Å². The van der Waals surface area contributed by atoms with Crippen LogP contribution < -0.4 is 0 Å². The van der Waals surface area contributed by atoms with Gasteiger partial charge in [-0.15, -0.1) is 0 Å². The number of piperidine rings is 2. The van der Waals surface area contributed by atoms with E-state index in [9.17, 15) is 4.79 Å². The molecule has 16 heavy (non-hydrogen) atoms. The molecule has 2 rings (SSSR count). The number of likely N-dealkylation sites (tertiary alicyclic amines) is 2. The summed E-state index contributed by atoms with van der Waals surface area (Å²) in [7, 11) is 2.22. The van der Waals surface area contributed by atoms with E-state index in [4.69, 9.17) is 0 Å². The molecule has 0 N–H and O–H groups in total. The summed E-state index contributed by atoms with van der Waals surface area (Å²) in [5.41, 5.74) is 0.611. The monoisotopic (exact) mass is 224 g/mol. The number of hydrogen-bond donors (Lipinski definition) is 0. The number of rotatable bonds is 2. The van der Waals surface area contributed by atoms with Crippen molar-refractivity contribution in [3.63, 3.8) is 0 Å². The van der Waals surface area contributed by atoms with Gasteiger partial charge in [-0.2, -0.15) is 0 Å². The number of hydrogen-bond acceptors (Lipinski definition) is 3. The zero-order chi connectivity index (χ0) is 11.6. The van der Waals surface area contributed by atoms with E-state index in [1.807, 2.05) is 0 Å². The zero-order valence-corrected chi connectivity index (χ0v) is 10.7. The molecule has 2 fully saturated rings. The molecule has 0 aliphatic carbocycles. The van der Waals surface area contributed by atoms with Gasteiger partial charge >= 0.3 is 0 Å². The van der Waals surface area contributed by atoms with Crippen LogP contribution in [0.2, 0.25) is 0 Å². The largest absolute Gasteiger partial charge is 0.306 e. The van der Waals surface area contributed by atoms with Gasteiger partial charge in [0.15, 0.2) is 0 Å². The van der Waals surface area contributed by atoms with Crippen LogP contribution in [0, 0.1) is 5.41 Å². The Kier molecular flexibility index (Phi) is 3.65.